The van der Waals surface area contributed by atoms with Gasteiger partial charge in [-0.05, 0) is 28.9 Å². The summed E-state index contributed by atoms with van der Waals surface area (Å²) in [5.74, 6) is -0.488. The number of hydrogen-bond donors (Lipinski definition) is 0. The number of pyridine rings is 1. The highest BCUT2D eigenvalue weighted by molar-refractivity contribution is 9.10. The second-order valence-electron chi connectivity index (χ2n) is 3.38. The summed E-state index contributed by atoms with van der Waals surface area (Å²) < 4.78 is 30.6. The molecule has 0 bridgehead atoms. The molecule has 0 saturated carbocycles. The Labute approximate surface area is 120 Å². The van der Waals surface area contributed by atoms with Crippen molar-refractivity contribution in [2.45, 2.75) is 25.1 Å². The minimum atomic E-state index is -2.62. The van der Waals surface area contributed by atoms with Crippen molar-refractivity contribution in [3.8, 4) is 0 Å². The van der Waals surface area contributed by atoms with Gasteiger partial charge in [-0.1, -0.05) is 15.9 Å². The Balaban J connectivity index is 3.09. The minimum absolute atomic E-state index is 0.130. The molecule has 0 spiro atoms. The molecule has 100 valence electrons. The Bertz CT molecular complexity index is 441. The van der Waals surface area contributed by atoms with Crippen LogP contribution in [0, 0.1) is 0 Å². The van der Waals surface area contributed by atoms with E-state index in [0.29, 0.717) is 11.0 Å². The summed E-state index contributed by atoms with van der Waals surface area (Å²) in [6.45, 7) is 1.93. The number of rotatable bonds is 5. The minimum Gasteiger partial charge on any atom is -0.466 e. The second kappa shape index (κ2) is 7.13. The first-order valence-corrected chi connectivity index (χ1v) is 7.09. The van der Waals surface area contributed by atoms with Crippen molar-refractivity contribution in [1.82, 2.24) is 4.98 Å². The predicted molar refractivity (Wildman–Crippen MR) is 69.9 cm³/mol. The van der Waals surface area contributed by atoms with Crippen LogP contribution in [0.5, 0.6) is 0 Å². The van der Waals surface area contributed by atoms with Gasteiger partial charge in [0.05, 0.1) is 24.4 Å². The fourth-order valence-corrected chi connectivity index (χ4v) is 2.16. The van der Waals surface area contributed by atoms with E-state index in [4.69, 9.17) is 4.74 Å². The highest BCUT2D eigenvalue weighted by atomic mass is 79.9. The maximum Gasteiger partial charge on any atom is 0.311 e. The zero-order valence-corrected chi connectivity index (χ0v) is 12.7. The molecule has 0 fully saturated rings. The van der Waals surface area contributed by atoms with Crippen molar-refractivity contribution in [1.29, 1.82) is 0 Å². The summed E-state index contributed by atoms with van der Waals surface area (Å²) in [7, 11) is 0. The number of carbonyl (C=O) groups excluding carboxylic acids is 1. The van der Waals surface area contributed by atoms with E-state index in [0.717, 1.165) is 0 Å². The lowest BCUT2D eigenvalue weighted by molar-refractivity contribution is -0.142. The molecule has 1 aromatic heterocycles. The molecule has 1 aromatic rings. The third kappa shape index (κ3) is 3.98. The lowest BCUT2D eigenvalue weighted by Gasteiger charge is -2.10. The van der Waals surface area contributed by atoms with Gasteiger partial charge in [-0.3, -0.25) is 9.78 Å². The van der Waals surface area contributed by atoms with Crippen molar-refractivity contribution < 1.29 is 18.3 Å². The molecule has 0 aliphatic carbocycles. The Morgan fingerprint density at radius 2 is 2.22 bits per heavy atom. The molecule has 0 radical (unpaired) electrons. The van der Waals surface area contributed by atoms with E-state index in [-0.39, 0.29) is 28.8 Å². The van der Waals surface area contributed by atoms with Gasteiger partial charge in [0.1, 0.15) is 0 Å². The highest BCUT2D eigenvalue weighted by Gasteiger charge is 2.19. The summed E-state index contributed by atoms with van der Waals surface area (Å²) in [6, 6.07) is 1.30. The molecule has 3 nitrogen and oxygen atoms in total. The van der Waals surface area contributed by atoms with Crippen molar-refractivity contribution in [2.75, 3.05) is 6.61 Å². The number of halogens is 4. The molecule has 0 N–H and O–H groups in total. The third-order valence-corrected chi connectivity index (χ3v) is 3.59. The fourth-order valence-electron chi connectivity index (χ4n) is 1.36. The first-order chi connectivity index (χ1) is 8.49. The standard InChI is InChI=1S/C11H11Br2F2NO2/c1-2-18-9(17)4-8-10(13)7(11(14)15)3-6(5-12)16-8/h3,11H,2,4-5H2,1H3. The SMILES string of the molecule is CCOC(=O)Cc1nc(CBr)cc(C(F)F)c1Br. The Morgan fingerprint density at radius 1 is 1.56 bits per heavy atom. The molecule has 1 heterocycles. The number of ether oxygens (including phenoxy) is 1. The number of aromatic nitrogens is 1. The normalized spacial score (nSPS) is 10.8. The number of hydrogen-bond acceptors (Lipinski definition) is 3. The summed E-state index contributed by atoms with van der Waals surface area (Å²) in [4.78, 5) is 15.5. The summed E-state index contributed by atoms with van der Waals surface area (Å²) in [5.41, 5.74) is 0.548. The zero-order chi connectivity index (χ0) is 13.7. The van der Waals surface area contributed by atoms with Gasteiger partial charge >= 0.3 is 5.97 Å². The molecule has 0 aliphatic rings. The predicted octanol–water partition coefficient (Wildman–Crippen LogP) is 3.78. The first-order valence-electron chi connectivity index (χ1n) is 5.17. The average molecular weight is 387 g/mol. The molecular weight excluding hydrogens is 376 g/mol. The molecule has 18 heavy (non-hydrogen) atoms. The number of nitrogens with zero attached hydrogens (tertiary/aromatic N) is 1. The van der Waals surface area contributed by atoms with Gasteiger partial charge in [-0.2, -0.15) is 0 Å². The van der Waals surface area contributed by atoms with E-state index in [1.807, 2.05) is 0 Å². The fraction of sp³-hybridized carbons (Fsp3) is 0.455. The van der Waals surface area contributed by atoms with Crippen molar-refractivity contribution in [2.24, 2.45) is 0 Å². The summed E-state index contributed by atoms with van der Waals surface area (Å²) in [5, 5.41) is 0.343. The van der Waals surface area contributed by atoms with Crippen LogP contribution in [0.15, 0.2) is 10.5 Å². The van der Waals surface area contributed by atoms with E-state index in [9.17, 15) is 13.6 Å². The molecule has 0 atom stereocenters. The smallest absolute Gasteiger partial charge is 0.311 e. The molecule has 0 amide bonds. The number of carbonyl (C=O) groups is 1. The van der Waals surface area contributed by atoms with Crippen LogP contribution >= 0.6 is 31.9 Å². The maximum atomic E-state index is 12.8. The van der Waals surface area contributed by atoms with Crippen molar-refractivity contribution in [3.63, 3.8) is 0 Å². The molecule has 7 heteroatoms. The number of esters is 1. The molecule has 0 saturated heterocycles. The Morgan fingerprint density at radius 3 is 2.72 bits per heavy atom. The Kier molecular flexibility index (Phi) is 6.14. The van der Waals surface area contributed by atoms with Crippen LogP contribution in [-0.2, 0) is 21.3 Å². The molecular formula is C11H11Br2F2NO2. The van der Waals surface area contributed by atoms with Gasteiger partial charge < -0.3 is 4.74 Å². The van der Waals surface area contributed by atoms with Crippen molar-refractivity contribution >= 4 is 37.8 Å². The van der Waals surface area contributed by atoms with Gasteiger partial charge in [0.2, 0.25) is 0 Å². The monoisotopic (exact) mass is 385 g/mol. The molecule has 0 unspecified atom stereocenters. The van der Waals surface area contributed by atoms with Gasteiger partial charge in [-0.15, -0.1) is 0 Å². The quantitative estimate of drug-likeness (QED) is 0.571. The molecule has 0 aromatic carbocycles. The maximum absolute atomic E-state index is 12.8. The van der Waals surface area contributed by atoms with Crippen LogP contribution in [0.25, 0.3) is 0 Å². The van der Waals surface area contributed by atoms with E-state index in [1.165, 1.54) is 6.07 Å². The van der Waals surface area contributed by atoms with Crippen LogP contribution in [0.1, 0.15) is 30.3 Å². The highest BCUT2D eigenvalue weighted by Crippen LogP contribution is 2.31. The second-order valence-corrected chi connectivity index (χ2v) is 4.73. The van der Waals surface area contributed by atoms with Crippen molar-refractivity contribution in [3.05, 3.63) is 27.5 Å². The van der Waals surface area contributed by atoms with E-state index < -0.39 is 12.4 Å². The lowest BCUT2D eigenvalue weighted by atomic mass is 10.1. The van der Waals surface area contributed by atoms with Gasteiger partial charge in [-0.25, -0.2) is 8.78 Å². The topological polar surface area (TPSA) is 39.2 Å². The van der Waals surface area contributed by atoms with Crippen LogP contribution in [0.4, 0.5) is 8.78 Å². The van der Waals surface area contributed by atoms with Crippen LogP contribution in [0.3, 0.4) is 0 Å². The molecule has 1 rings (SSSR count). The third-order valence-electron chi connectivity index (χ3n) is 2.10. The van der Waals surface area contributed by atoms with Crippen LogP contribution in [0.2, 0.25) is 0 Å². The van der Waals surface area contributed by atoms with Gasteiger partial charge in [0.25, 0.3) is 6.43 Å². The summed E-state index contributed by atoms with van der Waals surface area (Å²) >= 11 is 6.22. The number of alkyl halides is 3. The van der Waals surface area contributed by atoms with Crippen LogP contribution < -0.4 is 0 Å². The van der Waals surface area contributed by atoms with Crippen LogP contribution in [-0.4, -0.2) is 17.6 Å². The van der Waals surface area contributed by atoms with E-state index in [2.05, 4.69) is 36.8 Å². The largest absolute Gasteiger partial charge is 0.466 e. The van der Waals surface area contributed by atoms with E-state index in [1.54, 1.807) is 6.92 Å². The average Bonchev–Trinajstić information content (AvgIpc) is 2.31. The Hall–Kier alpha value is -0.560. The first kappa shape index (κ1) is 15.5. The summed E-state index contributed by atoms with van der Waals surface area (Å²) in [6.07, 6.45) is -2.75. The van der Waals surface area contributed by atoms with E-state index >= 15 is 0 Å². The lowest BCUT2D eigenvalue weighted by Crippen LogP contribution is -2.11. The van der Waals surface area contributed by atoms with Gasteiger partial charge in [0.15, 0.2) is 0 Å². The zero-order valence-electron chi connectivity index (χ0n) is 9.55. The van der Waals surface area contributed by atoms with Gasteiger partial charge in [0, 0.05) is 15.4 Å². The molecule has 0 aliphatic heterocycles.